The molecule has 0 saturated heterocycles. The normalized spacial score (nSPS) is 11.7. The van der Waals surface area contributed by atoms with Crippen molar-refractivity contribution in [2.45, 2.75) is 26.2 Å². The van der Waals surface area contributed by atoms with Crippen LogP contribution in [-0.2, 0) is 5.41 Å². The minimum Gasteiger partial charge on any atom is -0.476 e. The first-order valence-corrected chi connectivity index (χ1v) is 7.57. The number of carboxylic acid groups (broad SMARTS) is 1. The lowest BCUT2D eigenvalue weighted by atomic mass is 9.91. The van der Waals surface area contributed by atoms with Gasteiger partial charge in [0.25, 0.3) is 0 Å². The molecule has 2 rings (SSSR count). The number of carboxylic acids is 1. The third-order valence-corrected chi connectivity index (χ3v) is 4.22. The molecule has 0 aliphatic rings. The number of hydrogen-bond acceptors (Lipinski definition) is 2. The molecule has 1 heterocycles. The van der Waals surface area contributed by atoms with Gasteiger partial charge in [0.05, 0.1) is 14.3 Å². The SMILES string of the molecule is CC(C)(C)c1c(I)c(C(=O)O)nn1-c1c(F)cccc1Cl. The van der Waals surface area contributed by atoms with Gasteiger partial charge >= 0.3 is 5.97 Å². The zero-order valence-corrected chi connectivity index (χ0v) is 14.5. The largest absolute Gasteiger partial charge is 0.476 e. The van der Waals surface area contributed by atoms with Crippen molar-refractivity contribution in [2.75, 3.05) is 0 Å². The Morgan fingerprint density at radius 3 is 2.52 bits per heavy atom. The number of halogens is 3. The van der Waals surface area contributed by atoms with Gasteiger partial charge in [-0.25, -0.2) is 13.9 Å². The topological polar surface area (TPSA) is 55.1 Å². The minimum absolute atomic E-state index is 0.0644. The van der Waals surface area contributed by atoms with Crippen molar-refractivity contribution in [1.29, 1.82) is 0 Å². The molecule has 1 aromatic carbocycles. The Hall–Kier alpha value is -1.15. The molecule has 0 unspecified atom stereocenters. The summed E-state index contributed by atoms with van der Waals surface area (Å²) in [5.41, 5.74) is 0.130. The third-order valence-electron chi connectivity index (χ3n) is 2.89. The number of benzene rings is 1. The number of aromatic nitrogens is 2. The lowest BCUT2D eigenvalue weighted by Crippen LogP contribution is -2.19. The van der Waals surface area contributed by atoms with Crippen molar-refractivity contribution in [3.63, 3.8) is 0 Å². The molecule has 7 heteroatoms. The van der Waals surface area contributed by atoms with Crippen LogP contribution in [0.4, 0.5) is 4.39 Å². The van der Waals surface area contributed by atoms with Crippen LogP contribution in [-0.4, -0.2) is 20.9 Å². The second-order valence-electron chi connectivity index (χ2n) is 5.55. The van der Waals surface area contributed by atoms with E-state index in [0.717, 1.165) is 0 Å². The Bertz CT molecular complexity index is 702. The molecular formula is C14H13ClFIN2O2. The number of carbonyl (C=O) groups is 1. The Kier molecular flexibility index (Phi) is 4.30. The molecule has 21 heavy (non-hydrogen) atoms. The molecule has 0 fully saturated rings. The van der Waals surface area contributed by atoms with Crippen molar-refractivity contribution >= 4 is 40.2 Å². The van der Waals surface area contributed by atoms with E-state index in [1.807, 2.05) is 43.4 Å². The summed E-state index contributed by atoms with van der Waals surface area (Å²) in [6.45, 7) is 5.72. The first kappa shape index (κ1) is 16.2. The van der Waals surface area contributed by atoms with Gasteiger partial charge in [0.15, 0.2) is 5.69 Å². The van der Waals surface area contributed by atoms with Gasteiger partial charge in [-0.05, 0) is 34.7 Å². The Labute approximate surface area is 140 Å². The quantitative estimate of drug-likeness (QED) is 0.736. The first-order chi connectivity index (χ1) is 9.64. The fourth-order valence-corrected chi connectivity index (χ4v) is 3.65. The number of nitrogens with zero attached hydrogens (tertiary/aromatic N) is 2. The van der Waals surface area contributed by atoms with Crippen LogP contribution in [0.2, 0.25) is 5.02 Å². The van der Waals surface area contributed by atoms with Gasteiger partial charge in [0, 0.05) is 5.41 Å². The average molecular weight is 423 g/mol. The minimum atomic E-state index is -1.16. The van der Waals surface area contributed by atoms with Crippen molar-refractivity contribution in [3.05, 3.63) is 44.0 Å². The molecule has 0 spiro atoms. The second kappa shape index (κ2) is 5.57. The fraction of sp³-hybridized carbons (Fsp3) is 0.286. The summed E-state index contributed by atoms with van der Waals surface area (Å²) >= 11 is 8.00. The third kappa shape index (κ3) is 2.91. The summed E-state index contributed by atoms with van der Waals surface area (Å²) in [4.78, 5) is 11.3. The van der Waals surface area contributed by atoms with Crippen LogP contribution in [0.3, 0.4) is 0 Å². The first-order valence-electron chi connectivity index (χ1n) is 6.11. The van der Waals surface area contributed by atoms with Gasteiger partial charge in [-0.15, -0.1) is 0 Å². The summed E-state index contributed by atoms with van der Waals surface area (Å²) in [6.07, 6.45) is 0. The number of para-hydroxylation sites is 1. The molecule has 1 N–H and O–H groups in total. The maximum atomic E-state index is 14.2. The van der Waals surface area contributed by atoms with E-state index in [-0.39, 0.29) is 16.4 Å². The van der Waals surface area contributed by atoms with Gasteiger partial charge in [-0.3, -0.25) is 0 Å². The molecular weight excluding hydrogens is 410 g/mol. The standard InChI is InChI=1S/C14H13ClFIN2O2/c1-14(2,3)12-9(17)10(13(20)21)18-19(12)11-7(15)5-4-6-8(11)16/h4-6H,1-3H3,(H,20,21). The zero-order chi connectivity index (χ0) is 15.9. The summed E-state index contributed by atoms with van der Waals surface area (Å²) in [7, 11) is 0. The van der Waals surface area contributed by atoms with Crippen LogP contribution in [0.15, 0.2) is 18.2 Å². The summed E-state index contributed by atoms with van der Waals surface area (Å²) in [5, 5.41) is 13.5. The number of hydrogen-bond donors (Lipinski definition) is 1. The van der Waals surface area contributed by atoms with Gasteiger partial charge in [-0.1, -0.05) is 38.4 Å². The van der Waals surface area contributed by atoms with E-state index in [1.54, 1.807) is 6.07 Å². The predicted molar refractivity (Wildman–Crippen MR) is 86.9 cm³/mol. The summed E-state index contributed by atoms with van der Waals surface area (Å²) in [6, 6.07) is 4.30. The van der Waals surface area contributed by atoms with Crippen LogP contribution in [0, 0.1) is 9.39 Å². The van der Waals surface area contributed by atoms with Crippen molar-refractivity contribution in [1.82, 2.24) is 9.78 Å². The van der Waals surface area contributed by atoms with E-state index in [9.17, 15) is 14.3 Å². The molecule has 4 nitrogen and oxygen atoms in total. The Balaban J connectivity index is 2.86. The lowest BCUT2D eigenvalue weighted by molar-refractivity contribution is 0.0689. The van der Waals surface area contributed by atoms with Crippen molar-refractivity contribution in [2.24, 2.45) is 0 Å². The molecule has 2 aromatic rings. The summed E-state index contributed by atoms with van der Waals surface area (Å²) < 4.78 is 15.9. The highest BCUT2D eigenvalue weighted by Crippen LogP contribution is 2.34. The van der Waals surface area contributed by atoms with Crippen molar-refractivity contribution < 1.29 is 14.3 Å². The van der Waals surface area contributed by atoms with Gasteiger partial charge < -0.3 is 5.11 Å². The Morgan fingerprint density at radius 2 is 2.05 bits per heavy atom. The molecule has 0 amide bonds. The molecule has 0 atom stereocenters. The number of rotatable bonds is 2. The zero-order valence-electron chi connectivity index (χ0n) is 11.6. The predicted octanol–water partition coefficient (Wildman–Crippen LogP) is 4.27. The maximum absolute atomic E-state index is 14.2. The van der Waals surface area contributed by atoms with Crippen LogP contribution in [0.1, 0.15) is 37.0 Å². The highest BCUT2D eigenvalue weighted by atomic mass is 127. The molecule has 0 radical (unpaired) electrons. The van der Waals surface area contributed by atoms with E-state index < -0.39 is 17.2 Å². The molecule has 0 aliphatic carbocycles. The molecule has 0 saturated carbocycles. The maximum Gasteiger partial charge on any atom is 0.357 e. The van der Waals surface area contributed by atoms with E-state index in [2.05, 4.69) is 5.10 Å². The van der Waals surface area contributed by atoms with Crippen LogP contribution in [0.5, 0.6) is 0 Å². The van der Waals surface area contributed by atoms with Crippen LogP contribution >= 0.6 is 34.2 Å². The Morgan fingerprint density at radius 1 is 1.43 bits per heavy atom. The lowest BCUT2D eigenvalue weighted by Gasteiger charge is -2.21. The molecule has 1 aromatic heterocycles. The van der Waals surface area contributed by atoms with E-state index in [4.69, 9.17) is 11.6 Å². The molecule has 0 bridgehead atoms. The average Bonchev–Trinajstić information content (AvgIpc) is 2.66. The van der Waals surface area contributed by atoms with Gasteiger partial charge in [0.2, 0.25) is 0 Å². The summed E-state index contributed by atoms with van der Waals surface area (Å²) in [5.74, 6) is -1.71. The second-order valence-corrected chi connectivity index (χ2v) is 7.03. The van der Waals surface area contributed by atoms with E-state index in [0.29, 0.717) is 9.26 Å². The highest BCUT2D eigenvalue weighted by molar-refractivity contribution is 14.1. The fourth-order valence-electron chi connectivity index (χ4n) is 2.04. The molecule has 112 valence electrons. The van der Waals surface area contributed by atoms with Gasteiger partial charge in [-0.2, -0.15) is 5.10 Å². The van der Waals surface area contributed by atoms with Gasteiger partial charge in [0.1, 0.15) is 11.5 Å². The van der Waals surface area contributed by atoms with Crippen LogP contribution in [0.25, 0.3) is 5.69 Å². The highest BCUT2D eigenvalue weighted by Gasteiger charge is 2.31. The van der Waals surface area contributed by atoms with E-state index >= 15 is 0 Å². The number of aromatic carboxylic acids is 1. The van der Waals surface area contributed by atoms with E-state index in [1.165, 1.54) is 16.8 Å². The van der Waals surface area contributed by atoms with Crippen molar-refractivity contribution in [3.8, 4) is 5.69 Å². The smallest absolute Gasteiger partial charge is 0.357 e. The monoisotopic (exact) mass is 422 g/mol. The molecule has 0 aliphatic heterocycles. The van der Waals surface area contributed by atoms with Crippen LogP contribution < -0.4 is 0 Å².